The van der Waals surface area contributed by atoms with Crippen LogP contribution in [0.2, 0.25) is 10.0 Å². The third kappa shape index (κ3) is 6.40. The highest BCUT2D eigenvalue weighted by molar-refractivity contribution is 8.03. The summed E-state index contributed by atoms with van der Waals surface area (Å²) in [5.74, 6) is -1.42. The first kappa shape index (κ1) is 26.0. The second-order valence-electron chi connectivity index (χ2n) is 8.89. The Balaban J connectivity index is 1.27. The van der Waals surface area contributed by atoms with Gasteiger partial charge in [0.05, 0.1) is 6.04 Å². The maximum atomic E-state index is 12.9. The van der Waals surface area contributed by atoms with Crippen LogP contribution < -0.4 is 5.32 Å². The van der Waals surface area contributed by atoms with Crippen molar-refractivity contribution in [2.75, 3.05) is 13.1 Å². The molecule has 35 heavy (non-hydrogen) atoms. The van der Waals surface area contributed by atoms with Crippen LogP contribution in [0.15, 0.2) is 59.5 Å². The van der Waals surface area contributed by atoms with Crippen LogP contribution in [0.5, 0.6) is 0 Å². The van der Waals surface area contributed by atoms with Crippen LogP contribution >= 0.6 is 35.0 Å². The fourth-order valence-electron chi connectivity index (χ4n) is 4.56. The Morgan fingerprint density at radius 1 is 1.11 bits per heavy atom. The number of aliphatic hydroxyl groups is 2. The second kappa shape index (κ2) is 11.8. The largest absolute Gasteiger partial charge is 0.380 e. The van der Waals surface area contributed by atoms with Crippen molar-refractivity contribution in [2.24, 2.45) is 0 Å². The number of halogens is 2. The molecule has 4 rings (SSSR count). The minimum atomic E-state index is -1.84. The topological polar surface area (TPSA) is 89.9 Å². The van der Waals surface area contributed by atoms with E-state index in [1.54, 1.807) is 23.9 Å². The predicted octanol–water partition coefficient (Wildman–Crippen LogP) is 4.13. The van der Waals surface area contributed by atoms with E-state index in [-0.39, 0.29) is 11.3 Å². The Kier molecular flexibility index (Phi) is 8.78. The summed E-state index contributed by atoms with van der Waals surface area (Å²) < 4.78 is 0. The lowest BCUT2D eigenvalue weighted by Gasteiger charge is -2.28. The predicted molar refractivity (Wildman–Crippen MR) is 139 cm³/mol. The van der Waals surface area contributed by atoms with Crippen LogP contribution in [-0.4, -0.2) is 57.5 Å². The maximum absolute atomic E-state index is 12.9. The molecule has 2 aliphatic heterocycles. The lowest BCUT2D eigenvalue weighted by atomic mass is 10.0. The highest BCUT2D eigenvalue weighted by atomic mass is 35.5. The summed E-state index contributed by atoms with van der Waals surface area (Å²) in [6.45, 7) is 0.763. The van der Waals surface area contributed by atoms with Gasteiger partial charge in [-0.05, 0) is 60.4 Å². The molecule has 9 heteroatoms. The van der Waals surface area contributed by atoms with Crippen LogP contribution in [-0.2, 0) is 16.0 Å². The van der Waals surface area contributed by atoms with Gasteiger partial charge in [-0.1, -0.05) is 59.1 Å². The van der Waals surface area contributed by atoms with E-state index in [2.05, 4.69) is 10.7 Å². The van der Waals surface area contributed by atoms with Crippen LogP contribution in [0.25, 0.3) is 0 Å². The number of thioether (sulfide) groups is 1. The third-order valence-electron chi connectivity index (χ3n) is 6.39. The van der Waals surface area contributed by atoms with E-state index in [1.165, 1.54) is 10.5 Å². The van der Waals surface area contributed by atoms with Crippen LogP contribution in [0, 0.1) is 0 Å². The molecule has 0 aliphatic carbocycles. The summed E-state index contributed by atoms with van der Waals surface area (Å²) in [6, 6.07) is 14.7. The van der Waals surface area contributed by atoms with E-state index in [0.717, 1.165) is 41.8 Å². The number of hydrogen-bond acceptors (Lipinski definition) is 5. The molecule has 2 aromatic carbocycles. The Morgan fingerprint density at radius 2 is 1.91 bits per heavy atom. The molecule has 0 bridgehead atoms. The van der Waals surface area contributed by atoms with Gasteiger partial charge in [0.1, 0.15) is 0 Å². The Bertz CT molecular complexity index is 1110. The molecular weight excluding hydrogens is 507 g/mol. The average Bonchev–Trinajstić information content (AvgIpc) is 3.52. The highest BCUT2D eigenvalue weighted by Crippen LogP contribution is 2.34. The van der Waals surface area contributed by atoms with Crippen LogP contribution in [0.3, 0.4) is 0 Å². The first-order chi connectivity index (χ1) is 16.8. The fraction of sp³-hybridized carbons (Fsp3) is 0.385. The van der Waals surface area contributed by atoms with Gasteiger partial charge >= 0.3 is 0 Å². The molecule has 0 radical (unpaired) electrons. The van der Waals surface area contributed by atoms with E-state index in [4.69, 9.17) is 23.2 Å². The van der Waals surface area contributed by atoms with Crippen LogP contribution in [0.4, 0.5) is 0 Å². The number of likely N-dealkylation sites (tertiary alicyclic amines) is 1. The van der Waals surface area contributed by atoms with E-state index in [0.29, 0.717) is 18.1 Å². The molecule has 3 N–H and O–H groups in total. The van der Waals surface area contributed by atoms with E-state index >= 15 is 0 Å². The standard InChI is InChI=1S/C26H28Cl2N2O4S/c27-19-7-3-6-18(13-19)22-9-4-10-30(22)26(34)24(32)23(31)25(33)29-14-20-12-16(15-35-20)11-17-5-1-2-8-21(17)28/h1-3,5-8,13,15,20,22-24,31-32H,4,9-12,14H2,(H,29,33)/t20?,22-,23-,24-/m1/s1. The quantitative estimate of drug-likeness (QED) is 0.473. The molecule has 2 aliphatic rings. The van der Waals surface area contributed by atoms with Gasteiger partial charge in [0.15, 0.2) is 12.2 Å². The fourth-order valence-corrected chi connectivity index (χ4v) is 6.02. The summed E-state index contributed by atoms with van der Waals surface area (Å²) in [7, 11) is 0. The average molecular weight is 535 g/mol. The zero-order valence-corrected chi connectivity index (χ0v) is 21.4. The van der Waals surface area contributed by atoms with Crippen molar-refractivity contribution in [1.29, 1.82) is 0 Å². The first-order valence-electron chi connectivity index (χ1n) is 11.6. The molecule has 2 heterocycles. The van der Waals surface area contributed by atoms with E-state index < -0.39 is 24.0 Å². The van der Waals surface area contributed by atoms with Gasteiger partial charge in [-0.3, -0.25) is 9.59 Å². The SMILES string of the molecule is O=C(NCC1CC(Cc2ccccc2Cl)=CS1)[C@H](O)[C@@H](O)C(=O)N1CCC[C@@H]1c1cccc(Cl)c1. The highest BCUT2D eigenvalue weighted by Gasteiger charge is 2.38. The summed E-state index contributed by atoms with van der Waals surface area (Å²) in [4.78, 5) is 27.0. The summed E-state index contributed by atoms with van der Waals surface area (Å²) in [5.41, 5.74) is 3.15. The van der Waals surface area contributed by atoms with Crippen LogP contribution in [0.1, 0.15) is 36.4 Å². The smallest absolute Gasteiger partial charge is 0.255 e. The molecule has 2 amide bonds. The molecule has 4 atom stereocenters. The van der Waals surface area contributed by atoms with Gasteiger partial charge in [0.25, 0.3) is 11.8 Å². The summed E-state index contributed by atoms with van der Waals surface area (Å²) in [6.07, 6.45) is -0.659. The van der Waals surface area contributed by atoms with Gasteiger partial charge in [-0.25, -0.2) is 0 Å². The van der Waals surface area contributed by atoms with Gasteiger partial charge in [-0.2, -0.15) is 0 Å². The normalized spacial score (nSPS) is 21.5. The number of amides is 2. The molecule has 6 nitrogen and oxygen atoms in total. The lowest BCUT2D eigenvalue weighted by Crippen LogP contribution is -2.51. The molecule has 1 fully saturated rings. The second-order valence-corrected chi connectivity index (χ2v) is 10.9. The number of carbonyl (C=O) groups is 2. The molecule has 1 saturated heterocycles. The molecule has 2 aromatic rings. The zero-order chi connectivity index (χ0) is 24.9. The van der Waals surface area contributed by atoms with Gasteiger partial charge in [-0.15, -0.1) is 11.8 Å². The van der Waals surface area contributed by atoms with E-state index in [1.807, 2.05) is 36.4 Å². The molecule has 186 valence electrons. The number of nitrogens with one attached hydrogen (secondary N) is 1. The molecule has 0 saturated carbocycles. The molecule has 0 aromatic heterocycles. The van der Waals surface area contributed by atoms with E-state index in [9.17, 15) is 19.8 Å². The first-order valence-corrected chi connectivity index (χ1v) is 13.3. The Labute approximate surface area is 219 Å². The number of carbonyl (C=O) groups excluding carboxylic acids is 2. The third-order valence-corrected chi connectivity index (χ3v) is 8.18. The maximum Gasteiger partial charge on any atom is 0.255 e. The van der Waals surface area contributed by atoms with Crippen molar-refractivity contribution < 1.29 is 19.8 Å². The minimum absolute atomic E-state index is 0.113. The Hall–Kier alpha value is -2.03. The lowest BCUT2D eigenvalue weighted by molar-refractivity contribution is -0.153. The van der Waals surface area contributed by atoms with Crippen molar-refractivity contribution in [3.05, 3.63) is 80.7 Å². The van der Waals surface area contributed by atoms with Crippen molar-refractivity contribution in [2.45, 2.75) is 49.2 Å². The Morgan fingerprint density at radius 3 is 2.69 bits per heavy atom. The summed E-state index contributed by atoms with van der Waals surface area (Å²) >= 11 is 14.0. The van der Waals surface area contributed by atoms with Gasteiger partial charge in [0, 0.05) is 28.4 Å². The summed E-state index contributed by atoms with van der Waals surface area (Å²) in [5, 5.41) is 27.1. The van der Waals surface area contributed by atoms with Crippen molar-refractivity contribution >= 4 is 46.8 Å². The van der Waals surface area contributed by atoms with Gasteiger partial charge in [0.2, 0.25) is 0 Å². The molecular formula is C26H28Cl2N2O4S. The van der Waals surface area contributed by atoms with Crippen molar-refractivity contribution in [1.82, 2.24) is 10.2 Å². The van der Waals surface area contributed by atoms with Crippen molar-refractivity contribution in [3.8, 4) is 0 Å². The number of aliphatic hydroxyl groups excluding tert-OH is 2. The number of allylic oxidation sites excluding steroid dienone is 1. The van der Waals surface area contributed by atoms with Crippen molar-refractivity contribution in [3.63, 3.8) is 0 Å². The number of nitrogens with zero attached hydrogens (tertiary/aromatic N) is 1. The number of hydrogen-bond donors (Lipinski definition) is 3. The van der Waals surface area contributed by atoms with Gasteiger partial charge < -0.3 is 20.4 Å². The zero-order valence-electron chi connectivity index (χ0n) is 19.1. The monoisotopic (exact) mass is 534 g/mol. The number of rotatable bonds is 8. The molecule has 1 unspecified atom stereocenters. The molecule has 0 spiro atoms. The minimum Gasteiger partial charge on any atom is -0.380 e. The number of benzene rings is 2.